The highest BCUT2D eigenvalue weighted by Gasteiger charge is 2.35. The molecule has 1 aliphatic carbocycles. The van der Waals surface area contributed by atoms with Crippen molar-refractivity contribution in [2.75, 3.05) is 0 Å². The molecule has 0 saturated heterocycles. The van der Waals surface area contributed by atoms with Gasteiger partial charge in [0.15, 0.2) is 11.4 Å². The van der Waals surface area contributed by atoms with E-state index < -0.39 is 17.4 Å². The average molecular weight is 391 g/mol. The number of alkyl halides is 3. The average Bonchev–Trinajstić information content (AvgIpc) is 2.69. The monoisotopic (exact) mass is 391 g/mol. The number of nitrogens with zero attached hydrogens (tertiary/aromatic N) is 4. The fourth-order valence-electron chi connectivity index (χ4n) is 3.01. The summed E-state index contributed by atoms with van der Waals surface area (Å²) in [7, 11) is 0. The molecular weight excluding hydrogens is 375 g/mol. The van der Waals surface area contributed by atoms with Gasteiger partial charge in [0.05, 0.1) is 17.9 Å². The largest absolute Gasteiger partial charge is 0.489 e. The summed E-state index contributed by atoms with van der Waals surface area (Å²) < 4.78 is 44.7. The molecule has 0 atom stereocenters. The fourth-order valence-corrected chi connectivity index (χ4v) is 3.01. The van der Waals surface area contributed by atoms with Gasteiger partial charge in [0.1, 0.15) is 11.8 Å². The lowest BCUT2D eigenvalue weighted by molar-refractivity contribution is -0.138. The Kier molecular flexibility index (Phi) is 5.73. The first-order valence-corrected chi connectivity index (χ1v) is 8.59. The summed E-state index contributed by atoms with van der Waals surface area (Å²) in [6.45, 7) is 0. The van der Waals surface area contributed by atoms with Crippen molar-refractivity contribution < 1.29 is 22.7 Å². The second-order valence-corrected chi connectivity index (χ2v) is 6.35. The van der Waals surface area contributed by atoms with E-state index >= 15 is 0 Å². The molecule has 10 heteroatoms. The van der Waals surface area contributed by atoms with E-state index in [1.54, 1.807) is 12.1 Å². The van der Waals surface area contributed by atoms with Crippen LogP contribution in [-0.4, -0.2) is 33.2 Å². The SMILES string of the molecule is N#Cc1ncc(OC2CCC(NC(=O)c3cccnn3)CC2)cc1C(F)(F)F. The van der Waals surface area contributed by atoms with Gasteiger partial charge in [-0.15, -0.1) is 5.10 Å². The van der Waals surface area contributed by atoms with Crippen molar-refractivity contribution in [2.24, 2.45) is 0 Å². The number of pyridine rings is 1. The lowest BCUT2D eigenvalue weighted by atomic mass is 9.93. The van der Waals surface area contributed by atoms with Crippen LogP contribution in [-0.2, 0) is 6.18 Å². The third-order valence-electron chi connectivity index (χ3n) is 4.39. The van der Waals surface area contributed by atoms with Crippen LogP contribution < -0.4 is 10.1 Å². The Hall–Kier alpha value is -3.22. The molecule has 28 heavy (non-hydrogen) atoms. The van der Waals surface area contributed by atoms with E-state index in [0.29, 0.717) is 25.7 Å². The van der Waals surface area contributed by atoms with Gasteiger partial charge in [0.2, 0.25) is 0 Å². The van der Waals surface area contributed by atoms with E-state index in [2.05, 4.69) is 20.5 Å². The molecule has 1 aliphatic rings. The number of nitriles is 1. The van der Waals surface area contributed by atoms with Crippen LogP contribution in [0.2, 0.25) is 0 Å². The Balaban J connectivity index is 1.56. The van der Waals surface area contributed by atoms with E-state index in [4.69, 9.17) is 10.00 Å². The number of hydrogen-bond acceptors (Lipinski definition) is 6. The van der Waals surface area contributed by atoms with Crippen molar-refractivity contribution in [1.82, 2.24) is 20.5 Å². The Bertz CT molecular complexity index is 875. The summed E-state index contributed by atoms with van der Waals surface area (Å²) in [5, 5.41) is 19.1. The maximum atomic E-state index is 13.0. The second-order valence-electron chi connectivity index (χ2n) is 6.35. The van der Waals surface area contributed by atoms with Crippen LogP contribution in [0.1, 0.15) is 47.4 Å². The second kappa shape index (κ2) is 8.21. The molecule has 0 aliphatic heterocycles. The Morgan fingerprint density at radius 2 is 2.04 bits per heavy atom. The molecule has 0 radical (unpaired) electrons. The van der Waals surface area contributed by atoms with Crippen LogP contribution >= 0.6 is 0 Å². The molecule has 7 nitrogen and oxygen atoms in total. The van der Waals surface area contributed by atoms with Gasteiger partial charge in [-0.25, -0.2) is 4.98 Å². The number of hydrogen-bond donors (Lipinski definition) is 1. The molecule has 2 aromatic heterocycles. The van der Waals surface area contributed by atoms with E-state index in [-0.39, 0.29) is 29.5 Å². The molecule has 0 aromatic carbocycles. The van der Waals surface area contributed by atoms with Crippen LogP contribution in [0.5, 0.6) is 5.75 Å². The zero-order valence-corrected chi connectivity index (χ0v) is 14.6. The molecule has 0 unspecified atom stereocenters. The van der Waals surface area contributed by atoms with E-state index in [9.17, 15) is 18.0 Å². The van der Waals surface area contributed by atoms with Crippen molar-refractivity contribution in [3.8, 4) is 11.8 Å². The summed E-state index contributed by atoms with van der Waals surface area (Å²) in [5.74, 6) is -0.345. The number of aromatic nitrogens is 3. The van der Waals surface area contributed by atoms with Crippen LogP contribution in [0.3, 0.4) is 0 Å². The number of amides is 1. The zero-order chi connectivity index (χ0) is 20.1. The molecule has 2 heterocycles. The van der Waals surface area contributed by atoms with Gasteiger partial charge >= 0.3 is 6.18 Å². The predicted octanol–water partition coefficient (Wildman–Crippen LogP) is 2.88. The summed E-state index contributed by atoms with van der Waals surface area (Å²) >= 11 is 0. The summed E-state index contributed by atoms with van der Waals surface area (Å²) in [5.41, 5.74) is -1.57. The highest BCUT2D eigenvalue weighted by molar-refractivity contribution is 5.92. The first-order valence-electron chi connectivity index (χ1n) is 8.59. The van der Waals surface area contributed by atoms with Gasteiger partial charge in [-0.2, -0.15) is 23.5 Å². The number of ether oxygens (including phenoxy) is 1. The number of carbonyl (C=O) groups is 1. The third kappa shape index (κ3) is 4.73. The first kappa shape index (κ1) is 19.5. The standard InChI is InChI=1S/C18H16F3N5O2/c19-18(20,21)14-8-13(10-23-16(14)9-22)28-12-5-3-11(4-6-12)25-17(27)15-2-1-7-24-26-15/h1-2,7-8,10-12H,3-6H2,(H,25,27). The van der Waals surface area contributed by atoms with Gasteiger partial charge < -0.3 is 10.1 Å². The topological polar surface area (TPSA) is 101 Å². The number of halogens is 3. The van der Waals surface area contributed by atoms with Gasteiger partial charge in [-0.1, -0.05) is 0 Å². The summed E-state index contributed by atoms with van der Waals surface area (Å²) in [6, 6.07) is 5.34. The maximum Gasteiger partial charge on any atom is 0.419 e. The molecule has 1 amide bonds. The zero-order valence-electron chi connectivity index (χ0n) is 14.6. The fraction of sp³-hybridized carbons (Fsp3) is 0.389. The lowest BCUT2D eigenvalue weighted by Gasteiger charge is -2.29. The molecule has 146 valence electrons. The minimum absolute atomic E-state index is 0.0293. The minimum Gasteiger partial charge on any atom is -0.489 e. The molecular formula is C18H16F3N5O2. The quantitative estimate of drug-likeness (QED) is 0.860. The van der Waals surface area contributed by atoms with Crippen molar-refractivity contribution in [1.29, 1.82) is 5.26 Å². The highest BCUT2D eigenvalue weighted by Crippen LogP contribution is 2.34. The van der Waals surface area contributed by atoms with Crippen LogP contribution in [0.15, 0.2) is 30.6 Å². The van der Waals surface area contributed by atoms with E-state index in [1.807, 2.05) is 0 Å². The predicted molar refractivity (Wildman–Crippen MR) is 90.1 cm³/mol. The van der Waals surface area contributed by atoms with Gasteiger partial charge in [0.25, 0.3) is 5.91 Å². The Morgan fingerprint density at radius 1 is 1.29 bits per heavy atom. The van der Waals surface area contributed by atoms with Crippen LogP contribution in [0, 0.1) is 11.3 Å². The van der Waals surface area contributed by atoms with Crippen molar-refractivity contribution >= 4 is 5.91 Å². The van der Waals surface area contributed by atoms with Crippen LogP contribution in [0.4, 0.5) is 13.2 Å². The minimum atomic E-state index is -4.68. The van der Waals surface area contributed by atoms with Crippen molar-refractivity contribution in [3.63, 3.8) is 0 Å². The lowest BCUT2D eigenvalue weighted by Crippen LogP contribution is -2.40. The molecule has 3 rings (SSSR count). The maximum absolute atomic E-state index is 13.0. The number of rotatable bonds is 4. The number of nitrogens with one attached hydrogen (secondary N) is 1. The smallest absolute Gasteiger partial charge is 0.419 e. The van der Waals surface area contributed by atoms with E-state index in [0.717, 1.165) is 12.3 Å². The molecule has 1 fully saturated rings. The molecule has 1 N–H and O–H groups in total. The normalized spacial score (nSPS) is 19.5. The Labute approximate surface area is 158 Å². The first-order chi connectivity index (χ1) is 13.4. The third-order valence-corrected chi connectivity index (χ3v) is 4.39. The molecule has 0 spiro atoms. The highest BCUT2D eigenvalue weighted by atomic mass is 19.4. The number of carbonyl (C=O) groups excluding carboxylic acids is 1. The van der Waals surface area contributed by atoms with Crippen LogP contribution in [0.25, 0.3) is 0 Å². The molecule has 0 bridgehead atoms. The summed E-state index contributed by atoms with van der Waals surface area (Å²) in [6.07, 6.45) is -0.0179. The van der Waals surface area contributed by atoms with E-state index in [1.165, 1.54) is 12.3 Å². The Morgan fingerprint density at radius 3 is 2.64 bits per heavy atom. The van der Waals surface area contributed by atoms with Gasteiger partial charge in [-0.3, -0.25) is 4.79 Å². The molecule has 2 aromatic rings. The van der Waals surface area contributed by atoms with Gasteiger partial charge in [0, 0.05) is 12.2 Å². The summed E-state index contributed by atoms with van der Waals surface area (Å²) in [4.78, 5) is 15.6. The molecule has 1 saturated carbocycles. The van der Waals surface area contributed by atoms with Crippen molar-refractivity contribution in [3.05, 3.63) is 47.5 Å². The van der Waals surface area contributed by atoms with Gasteiger partial charge in [-0.05, 0) is 43.9 Å². The van der Waals surface area contributed by atoms with Crippen molar-refractivity contribution in [2.45, 2.75) is 44.0 Å².